The van der Waals surface area contributed by atoms with Crippen LogP contribution in [0.1, 0.15) is 26.3 Å². The fourth-order valence-corrected chi connectivity index (χ4v) is 2.44. The summed E-state index contributed by atoms with van der Waals surface area (Å²) >= 11 is 0. The zero-order valence-electron chi connectivity index (χ0n) is 13.6. The minimum atomic E-state index is 0.105. The van der Waals surface area contributed by atoms with Crippen LogP contribution in [0.15, 0.2) is 30.3 Å². The van der Waals surface area contributed by atoms with Gasteiger partial charge in [0.2, 0.25) is 0 Å². The molecule has 0 spiro atoms. The summed E-state index contributed by atoms with van der Waals surface area (Å²) in [6, 6.07) is 11.3. The monoisotopic (exact) mass is 278 g/mol. The molecule has 0 radical (unpaired) electrons. The molecule has 0 heterocycles. The van der Waals surface area contributed by atoms with Crippen LogP contribution < -0.4 is 5.32 Å². The molecule has 0 amide bonds. The number of likely N-dealkylation sites (N-methyl/N-ethyl adjacent to an activating group) is 1. The minimum Gasteiger partial charge on any atom is -0.383 e. The van der Waals surface area contributed by atoms with E-state index in [0.29, 0.717) is 6.04 Å². The van der Waals surface area contributed by atoms with Gasteiger partial charge in [0.15, 0.2) is 0 Å². The van der Waals surface area contributed by atoms with E-state index in [2.05, 4.69) is 68.4 Å². The molecule has 1 unspecified atom stereocenters. The summed E-state index contributed by atoms with van der Waals surface area (Å²) in [6.45, 7) is 10.5. The molecule has 0 aliphatic heterocycles. The largest absolute Gasteiger partial charge is 0.383 e. The van der Waals surface area contributed by atoms with Crippen molar-refractivity contribution in [1.29, 1.82) is 0 Å². The average Bonchev–Trinajstić information content (AvgIpc) is 2.44. The van der Waals surface area contributed by atoms with Gasteiger partial charge in [-0.3, -0.25) is 0 Å². The van der Waals surface area contributed by atoms with Gasteiger partial charge in [-0.2, -0.15) is 0 Å². The lowest BCUT2D eigenvalue weighted by Gasteiger charge is -2.35. The Hall–Kier alpha value is -0.900. The number of nitrogens with one attached hydrogen (secondary N) is 1. The van der Waals surface area contributed by atoms with Crippen LogP contribution in [0.2, 0.25) is 0 Å². The van der Waals surface area contributed by atoms with Gasteiger partial charge in [-0.15, -0.1) is 0 Å². The quantitative estimate of drug-likeness (QED) is 0.751. The highest BCUT2D eigenvalue weighted by atomic mass is 16.5. The first-order valence-corrected chi connectivity index (χ1v) is 7.44. The number of hydrogen-bond acceptors (Lipinski definition) is 3. The predicted octanol–water partition coefficient (Wildman–Crippen LogP) is 2.52. The third-order valence-corrected chi connectivity index (χ3v) is 3.67. The SMILES string of the molecule is COCCN(C)CC(C)(CNC(C)C)c1ccccc1. The van der Waals surface area contributed by atoms with Gasteiger partial charge in [0, 0.05) is 38.2 Å². The van der Waals surface area contributed by atoms with E-state index >= 15 is 0 Å². The van der Waals surface area contributed by atoms with E-state index in [1.54, 1.807) is 7.11 Å². The van der Waals surface area contributed by atoms with Gasteiger partial charge in [-0.25, -0.2) is 0 Å². The first kappa shape index (κ1) is 17.2. The van der Waals surface area contributed by atoms with Crippen molar-refractivity contribution in [3.63, 3.8) is 0 Å². The topological polar surface area (TPSA) is 24.5 Å². The third kappa shape index (κ3) is 5.61. The van der Waals surface area contributed by atoms with Crippen molar-refractivity contribution in [2.24, 2.45) is 0 Å². The summed E-state index contributed by atoms with van der Waals surface area (Å²) < 4.78 is 5.17. The minimum absolute atomic E-state index is 0.105. The van der Waals surface area contributed by atoms with Gasteiger partial charge >= 0.3 is 0 Å². The van der Waals surface area contributed by atoms with Crippen molar-refractivity contribution in [2.45, 2.75) is 32.2 Å². The Kier molecular flexibility index (Phi) is 7.20. The number of hydrogen-bond donors (Lipinski definition) is 1. The van der Waals surface area contributed by atoms with Gasteiger partial charge in [-0.05, 0) is 12.6 Å². The lowest BCUT2D eigenvalue weighted by molar-refractivity contribution is 0.147. The molecule has 1 aromatic rings. The highest BCUT2D eigenvalue weighted by Gasteiger charge is 2.28. The van der Waals surface area contributed by atoms with E-state index in [-0.39, 0.29) is 5.41 Å². The molecule has 0 saturated carbocycles. The van der Waals surface area contributed by atoms with Crippen LogP contribution in [0.5, 0.6) is 0 Å². The number of benzene rings is 1. The molecular weight excluding hydrogens is 248 g/mol. The molecule has 0 aliphatic carbocycles. The summed E-state index contributed by atoms with van der Waals surface area (Å²) in [6.07, 6.45) is 0. The Morgan fingerprint density at radius 3 is 2.45 bits per heavy atom. The Labute approximate surface area is 124 Å². The van der Waals surface area contributed by atoms with Crippen LogP contribution in [0, 0.1) is 0 Å². The lowest BCUT2D eigenvalue weighted by Crippen LogP contribution is -2.46. The smallest absolute Gasteiger partial charge is 0.0589 e. The molecule has 3 heteroatoms. The Balaban J connectivity index is 2.78. The zero-order valence-corrected chi connectivity index (χ0v) is 13.6. The van der Waals surface area contributed by atoms with Crippen molar-refractivity contribution < 1.29 is 4.74 Å². The van der Waals surface area contributed by atoms with Gasteiger partial charge < -0.3 is 15.0 Å². The normalized spacial score (nSPS) is 14.8. The highest BCUT2D eigenvalue weighted by molar-refractivity contribution is 5.25. The lowest BCUT2D eigenvalue weighted by atomic mass is 9.81. The van der Waals surface area contributed by atoms with Gasteiger partial charge in [-0.1, -0.05) is 51.1 Å². The van der Waals surface area contributed by atoms with Gasteiger partial charge in [0.05, 0.1) is 6.61 Å². The third-order valence-electron chi connectivity index (χ3n) is 3.67. The molecule has 1 atom stereocenters. The Morgan fingerprint density at radius 2 is 1.90 bits per heavy atom. The molecule has 0 fully saturated rings. The summed E-state index contributed by atoms with van der Waals surface area (Å²) in [5, 5.41) is 3.59. The summed E-state index contributed by atoms with van der Waals surface area (Å²) in [7, 11) is 3.92. The van der Waals surface area contributed by atoms with Crippen LogP contribution in [-0.2, 0) is 10.2 Å². The number of ether oxygens (including phenoxy) is 1. The van der Waals surface area contributed by atoms with Crippen molar-refractivity contribution in [1.82, 2.24) is 10.2 Å². The molecule has 20 heavy (non-hydrogen) atoms. The maximum absolute atomic E-state index is 5.17. The van der Waals surface area contributed by atoms with Gasteiger partial charge in [0.1, 0.15) is 0 Å². The maximum atomic E-state index is 5.17. The molecule has 0 aromatic heterocycles. The second kappa shape index (κ2) is 8.40. The number of nitrogens with zero attached hydrogens (tertiary/aromatic N) is 1. The zero-order chi connectivity index (χ0) is 15.0. The predicted molar refractivity (Wildman–Crippen MR) is 86.3 cm³/mol. The van der Waals surface area contributed by atoms with Crippen LogP contribution in [0.25, 0.3) is 0 Å². The molecule has 1 rings (SSSR count). The second-order valence-corrected chi connectivity index (χ2v) is 6.19. The van der Waals surface area contributed by atoms with Crippen LogP contribution in [0.3, 0.4) is 0 Å². The van der Waals surface area contributed by atoms with Crippen molar-refractivity contribution >= 4 is 0 Å². The van der Waals surface area contributed by atoms with E-state index in [9.17, 15) is 0 Å². The maximum Gasteiger partial charge on any atom is 0.0589 e. The molecule has 0 saturated heterocycles. The average molecular weight is 278 g/mol. The van der Waals surface area contributed by atoms with Crippen LogP contribution in [0.4, 0.5) is 0 Å². The second-order valence-electron chi connectivity index (χ2n) is 6.19. The van der Waals surface area contributed by atoms with Crippen molar-refractivity contribution in [3.05, 3.63) is 35.9 Å². The Morgan fingerprint density at radius 1 is 1.25 bits per heavy atom. The molecular formula is C17H30N2O. The fraction of sp³-hybridized carbons (Fsp3) is 0.647. The van der Waals surface area contributed by atoms with E-state index in [1.807, 2.05) is 0 Å². The molecule has 0 aliphatic rings. The standard InChI is InChI=1S/C17H30N2O/c1-15(2)18-13-17(3,14-19(4)11-12-20-5)16-9-7-6-8-10-16/h6-10,15,18H,11-14H2,1-5H3. The van der Waals surface area contributed by atoms with E-state index in [0.717, 1.165) is 26.2 Å². The number of rotatable bonds is 9. The molecule has 0 bridgehead atoms. The summed E-state index contributed by atoms with van der Waals surface area (Å²) in [4.78, 5) is 2.35. The molecule has 1 N–H and O–H groups in total. The summed E-state index contributed by atoms with van der Waals surface area (Å²) in [5.41, 5.74) is 1.49. The van der Waals surface area contributed by atoms with Crippen LogP contribution in [-0.4, -0.2) is 51.3 Å². The fourth-order valence-electron chi connectivity index (χ4n) is 2.44. The van der Waals surface area contributed by atoms with E-state index in [1.165, 1.54) is 5.56 Å². The van der Waals surface area contributed by atoms with Gasteiger partial charge in [0.25, 0.3) is 0 Å². The molecule has 1 aromatic carbocycles. The first-order chi connectivity index (χ1) is 9.48. The first-order valence-electron chi connectivity index (χ1n) is 7.44. The van der Waals surface area contributed by atoms with Crippen LogP contribution >= 0.6 is 0 Å². The highest BCUT2D eigenvalue weighted by Crippen LogP contribution is 2.24. The van der Waals surface area contributed by atoms with Crippen molar-refractivity contribution in [3.8, 4) is 0 Å². The number of methoxy groups -OCH3 is 1. The molecule has 3 nitrogen and oxygen atoms in total. The Bertz CT molecular complexity index is 367. The van der Waals surface area contributed by atoms with E-state index < -0.39 is 0 Å². The van der Waals surface area contributed by atoms with Crippen molar-refractivity contribution in [2.75, 3.05) is 40.4 Å². The van der Waals surface area contributed by atoms with E-state index in [4.69, 9.17) is 4.74 Å². The molecule has 114 valence electrons. The summed E-state index contributed by atoms with van der Waals surface area (Å²) in [5.74, 6) is 0.